The van der Waals surface area contributed by atoms with Gasteiger partial charge in [-0.3, -0.25) is 0 Å². The summed E-state index contributed by atoms with van der Waals surface area (Å²) in [7, 11) is 0. The van der Waals surface area contributed by atoms with E-state index < -0.39 is 6.10 Å². The fraction of sp³-hybridized carbons (Fsp3) is 0.400. The first-order chi connectivity index (χ1) is 6.76. The van der Waals surface area contributed by atoms with Gasteiger partial charge in [0.1, 0.15) is 18.5 Å². The molecule has 1 atom stereocenters. The van der Waals surface area contributed by atoms with Crippen LogP contribution in [-0.2, 0) is 6.61 Å². The van der Waals surface area contributed by atoms with Crippen molar-refractivity contribution in [1.82, 2.24) is 0 Å². The van der Waals surface area contributed by atoms with Gasteiger partial charge in [0, 0.05) is 0 Å². The zero-order valence-corrected chi connectivity index (χ0v) is 7.68. The van der Waals surface area contributed by atoms with Gasteiger partial charge in [-0.15, -0.1) is 0 Å². The minimum absolute atomic E-state index is 0.0331. The predicted molar refractivity (Wildman–Crippen MR) is 49.8 cm³/mol. The van der Waals surface area contributed by atoms with Gasteiger partial charge in [0.15, 0.2) is 0 Å². The zero-order valence-electron chi connectivity index (χ0n) is 7.68. The van der Waals surface area contributed by atoms with E-state index in [1.165, 1.54) is 0 Å². The van der Waals surface area contributed by atoms with Gasteiger partial charge in [-0.2, -0.15) is 0 Å². The molecule has 1 aromatic rings. The molecule has 1 aromatic carbocycles. The van der Waals surface area contributed by atoms with Crippen LogP contribution in [0.2, 0.25) is 0 Å². The Morgan fingerprint density at radius 1 is 1.43 bits per heavy atom. The smallest absolute Gasteiger partial charge is 0.119 e. The summed E-state index contributed by atoms with van der Waals surface area (Å²) in [5.41, 5.74) is 0.626. The summed E-state index contributed by atoms with van der Waals surface area (Å²) >= 11 is 0. The Bertz CT molecular complexity index is 275. The molecule has 1 radical (unpaired) electrons. The molecular formula is C10H13O4. The second kappa shape index (κ2) is 5.59. The van der Waals surface area contributed by atoms with E-state index in [0.29, 0.717) is 11.3 Å². The third-order valence-electron chi connectivity index (χ3n) is 1.66. The second-order valence-corrected chi connectivity index (χ2v) is 2.86. The minimum atomic E-state index is -0.878. The van der Waals surface area contributed by atoms with Gasteiger partial charge in [0.2, 0.25) is 0 Å². The number of hydrogen-bond donors (Lipinski definition) is 3. The Hall–Kier alpha value is -1.10. The highest BCUT2D eigenvalue weighted by Crippen LogP contribution is 2.12. The number of aliphatic hydroxyl groups is 3. The average molecular weight is 197 g/mol. The van der Waals surface area contributed by atoms with E-state index in [9.17, 15) is 0 Å². The third kappa shape index (κ3) is 3.33. The lowest BCUT2D eigenvalue weighted by atomic mass is 10.2. The molecule has 0 aliphatic carbocycles. The molecule has 0 heterocycles. The van der Waals surface area contributed by atoms with Crippen molar-refractivity contribution in [2.75, 3.05) is 13.2 Å². The van der Waals surface area contributed by atoms with Crippen LogP contribution in [-0.4, -0.2) is 34.6 Å². The average Bonchev–Trinajstić information content (AvgIpc) is 2.26. The number of benzene rings is 1. The molecule has 0 spiro atoms. The minimum Gasteiger partial charge on any atom is -0.491 e. The topological polar surface area (TPSA) is 69.9 Å². The van der Waals surface area contributed by atoms with E-state index >= 15 is 0 Å². The quantitative estimate of drug-likeness (QED) is 0.606. The van der Waals surface area contributed by atoms with E-state index in [1.54, 1.807) is 18.2 Å². The Balaban J connectivity index is 2.50. The van der Waals surface area contributed by atoms with Crippen LogP contribution >= 0.6 is 0 Å². The summed E-state index contributed by atoms with van der Waals surface area (Å²) in [6.07, 6.45) is -0.878. The monoisotopic (exact) mass is 197 g/mol. The van der Waals surface area contributed by atoms with Crippen LogP contribution in [0.15, 0.2) is 18.2 Å². The van der Waals surface area contributed by atoms with Crippen LogP contribution in [0.4, 0.5) is 0 Å². The second-order valence-electron chi connectivity index (χ2n) is 2.86. The summed E-state index contributed by atoms with van der Waals surface area (Å²) < 4.78 is 5.16. The summed E-state index contributed by atoms with van der Waals surface area (Å²) in [6, 6.07) is 7.75. The molecule has 0 amide bonds. The molecule has 0 aromatic heterocycles. The largest absolute Gasteiger partial charge is 0.491 e. The first-order valence-corrected chi connectivity index (χ1v) is 4.29. The first-order valence-electron chi connectivity index (χ1n) is 4.29. The van der Waals surface area contributed by atoms with Crippen LogP contribution in [0, 0.1) is 6.07 Å². The van der Waals surface area contributed by atoms with Crippen molar-refractivity contribution in [2.45, 2.75) is 12.7 Å². The molecule has 4 heteroatoms. The Morgan fingerprint density at radius 3 is 2.86 bits per heavy atom. The van der Waals surface area contributed by atoms with Crippen LogP contribution in [0.3, 0.4) is 0 Å². The van der Waals surface area contributed by atoms with Crippen molar-refractivity contribution >= 4 is 0 Å². The standard InChI is InChI=1S/C10H13O4/c11-5-8-2-1-3-10(4-8)14-7-9(13)6-12/h1,3-4,9,11-13H,5-7H2. The van der Waals surface area contributed by atoms with E-state index in [0.717, 1.165) is 0 Å². The Labute approximate surface area is 82.4 Å². The molecule has 1 unspecified atom stereocenters. The van der Waals surface area contributed by atoms with Gasteiger partial charge in [0.25, 0.3) is 0 Å². The van der Waals surface area contributed by atoms with Gasteiger partial charge < -0.3 is 20.1 Å². The van der Waals surface area contributed by atoms with E-state index in [1.807, 2.05) is 0 Å². The van der Waals surface area contributed by atoms with E-state index in [2.05, 4.69) is 6.07 Å². The third-order valence-corrected chi connectivity index (χ3v) is 1.66. The molecule has 3 N–H and O–H groups in total. The number of hydrogen-bond acceptors (Lipinski definition) is 4. The molecule has 0 saturated heterocycles. The lowest BCUT2D eigenvalue weighted by molar-refractivity contribution is 0.0535. The van der Waals surface area contributed by atoms with Crippen molar-refractivity contribution in [3.8, 4) is 5.75 Å². The molecule has 0 aliphatic rings. The summed E-state index contributed by atoms with van der Waals surface area (Å²) in [5.74, 6) is 0.542. The molecule has 4 nitrogen and oxygen atoms in total. The molecule has 0 bridgehead atoms. The molecule has 1 rings (SSSR count). The van der Waals surface area contributed by atoms with E-state index in [-0.39, 0.29) is 19.8 Å². The van der Waals surface area contributed by atoms with Crippen molar-refractivity contribution < 1.29 is 20.1 Å². The first kappa shape index (κ1) is 11.0. The van der Waals surface area contributed by atoms with Gasteiger partial charge in [-0.1, -0.05) is 6.07 Å². The van der Waals surface area contributed by atoms with E-state index in [4.69, 9.17) is 20.1 Å². The summed E-state index contributed by atoms with van der Waals surface area (Å²) in [4.78, 5) is 0. The molecule has 14 heavy (non-hydrogen) atoms. The SMILES string of the molecule is OCc1[c]ccc(OCC(O)CO)c1. The highest BCUT2D eigenvalue weighted by atomic mass is 16.5. The molecule has 0 fully saturated rings. The Kier molecular flexibility index (Phi) is 4.39. The van der Waals surface area contributed by atoms with Gasteiger partial charge >= 0.3 is 0 Å². The lowest BCUT2D eigenvalue weighted by Crippen LogP contribution is -2.21. The lowest BCUT2D eigenvalue weighted by Gasteiger charge is -2.10. The Morgan fingerprint density at radius 2 is 2.21 bits per heavy atom. The van der Waals surface area contributed by atoms with Gasteiger partial charge in [0.05, 0.1) is 13.2 Å². The predicted octanol–water partition coefficient (Wildman–Crippen LogP) is -0.289. The van der Waals surface area contributed by atoms with Crippen molar-refractivity contribution in [1.29, 1.82) is 0 Å². The van der Waals surface area contributed by atoms with Gasteiger partial charge in [-0.05, 0) is 23.8 Å². The number of aliphatic hydroxyl groups excluding tert-OH is 3. The highest BCUT2D eigenvalue weighted by molar-refractivity contribution is 5.27. The highest BCUT2D eigenvalue weighted by Gasteiger charge is 2.03. The maximum atomic E-state index is 9.01. The summed E-state index contributed by atoms with van der Waals surface area (Å²) in [6.45, 7) is -0.392. The van der Waals surface area contributed by atoms with Crippen LogP contribution in [0.5, 0.6) is 5.75 Å². The molecular weight excluding hydrogens is 184 g/mol. The number of rotatable bonds is 5. The maximum absolute atomic E-state index is 9.01. The normalized spacial score (nSPS) is 12.5. The fourth-order valence-corrected chi connectivity index (χ4v) is 0.919. The van der Waals surface area contributed by atoms with Crippen LogP contribution in [0.25, 0.3) is 0 Å². The molecule has 0 aliphatic heterocycles. The zero-order chi connectivity index (χ0) is 10.4. The molecule has 0 saturated carbocycles. The maximum Gasteiger partial charge on any atom is 0.119 e. The van der Waals surface area contributed by atoms with Crippen LogP contribution < -0.4 is 4.74 Å². The van der Waals surface area contributed by atoms with Crippen molar-refractivity contribution in [3.63, 3.8) is 0 Å². The molecule has 77 valence electrons. The number of ether oxygens (including phenoxy) is 1. The van der Waals surface area contributed by atoms with Crippen molar-refractivity contribution in [2.24, 2.45) is 0 Å². The summed E-state index contributed by atoms with van der Waals surface area (Å²) in [5, 5.41) is 26.4. The van der Waals surface area contributed by atoms with Crippen molar-refractivity contribution in [3.05, 3.63) is 29.8 Å². The fourth-order valence-electron chi connectivity index (χ4n) is 0.919. The van der Waals surface area contributed by atoms with Gasteiger partial charge in [-0.25, -0.2) is 0 Å². The van der Waals surface area contributed by atoms with Crippen LogP contribution in [0.1, 0.15) is 5.56 Å².